The molecule has 13 nitrogen and oxygen atoms in total. The summed E-state index contributed by atoms with van der Waals surface area (Å²) in [5.74, 6) is -4.03. The molecule has 0 saturated heterocycles. The molecule has 310 valence electrons. The lowest BCUT2D eigenvalue weighted by Crippen LogP contribution is -2.78. The lowest BCUT2D eigenvalue weighted by molar-refractivity contribution is -0.306. The van der Waals surface area contributed by atoms with Gasteiger partial charge in [-0.1, -0.05) is 74.5 Å². The molecule has 6 rings (SSSR count). The van der Waals surface area contributed by atoms with Crippen molar-refractivity contribution < 1.29 is 58.6 Å². The maximum absolute atomic E-state index is 15.0. The van der Waals surface area contributed by atoms with Crippen LogP contribution in [-0.4, -0.2) is 91.6 Å². The number of carbonyl (C=O) groups excluding carboxylic acids is 4. The van der Waals surface area contributed by atoms with Gasteiger partial charge in [-0.05, 0) is 76.2 Å². The summed E-state index contributed by atoms with van der Waals surface area (Å²) >= 11 is 0. The minimum atomic E-state index is -2.06. The maximum Gasteiger partial charge on any atom is 0.408 e. The highest BCUT2D eigenvalue weighted by molar-refractivity contribution is 5.93. The minimum absolute atomic E-state index is 0.0412. The molecule has 0 spiro atoms. The minimum Gasteiger partial charge on any atom is -0.459 e. The molecule has 13 heteroatoms. The van der Waals surface area contributed by atoms with Gasteiger partial charge >= 0.3 is 18.0 Å². The van der Waals surface area contributed by atoms with E-state index in [1.807, 2.05) is 30.3 Å². The highest BCUT2D eigenvalue weighted by Gasteiger charge is 2.76. The van der Waals surface area contributed by atoms with E-state index in [1.54, 1.807) is 78.8 Å². The maximum atomic E-state index is 15.0. The Balaban J connectivity index is 1.46. The van der Waals surface area contributed by atoms with Crippen molar-refractivity contribution in [2.45, 2.75) is 141 Å². The number of Topliss-reactive ketones (excluding diaryl/α,β-unsaturated/α-hetero) is 1. The van der Waals surface area contributed by atoms with Crippen LogP contribution in [0.25, 0.3) is 0 Å². The predicted molar refractivity (Wildman–Crippen MR) is 206 cm³/mol. The standard InChI is InChI=1S/C44H57NO12/c1-24-29(55-38(51)34(49)32(27-17-13-10-14-18-27)45-39(52)57-40(3,4)5)22-44(53)37(54-23-26-15-11-9-12-16-26)35-42(8,36(50)33(48)31(24)41(44,6)7)30(47)21-28-19-20-43(28,35)56-25(2)46/h9-18,28-30,32-35,37,47-49,53H,19-23H2,1-8H3,(H,45,52)/t28-,29+,30+,32+,33-,34-,35?,37+,42-,43+,44-/m1/s1. The van der Waals surface area contributed by atoms with Crippen molar-refractivity contribution in [1.29, 1.82) is 0 Å². The van der Waals surface area contributed by atoms with Crippen LogP contribution in [0.4, 0.5) is 4.79 Å². The zero-order valence-electron chi connectivity index (χ0n) is 34.0. The Morgan fingerprint density at radius 3 is 2.16 bits per heavy atom. The Bertz CT molecular complexity index is 1890. The number of esters is 2. The predicted octanol–water partition coefficient (Wildman–Crippen LogP) is 4.63. The Morgan fingerprint density at radius 1 is 0.982 bits per heavy atom. The molecule has 11 atom stereocenters. The van der Waals surface area contributed by atoms with Crippen LogP contribution in [0.5, 0.6) is 0 Å². The number of hydrogen-bond donors (Lipinski definition) is 5. The fourth-order valence-corrected chi connectivity index (χ4v) is 10.2. The summed E-state index contributed by atoms with van der Waals surface area (Å²) in [5.41, 5.74) is -5.99. The van der Waals surface area contributed by atoms with Crippen LogP contribution in [0, 0.1) is 22.7 Å². The van der Waals surface area contributed by atoms with E-state index in [0.717, 1.165) is 5.56 Å². The van der Waals surface area contributed by atoms with Crippen LogP contribution in [0.3, 0.4) is 0 Å². The van der Waals surface area contributed by atoms with E-state index in [1.165, 1.54) is 6.92 Å². The second kappa shape index (κ2) is 15.2. The summed E-state index contributed by atoms with van der Waals surface area (Å²) in [6.45, 7) is 12.8. The van der Waals surface area contributed by atoms with Gasteiger partial charge in [0.05, 0.1) is 30.3 Å². The SMILES string of the molecule is CC(=O)O[C@@]12CC[C@@H]1C[C@H](O)[C@@]1(C)C(=O)[C@H](O)C3=C(C)[C@@H](OC(=O)[C@H](O)[C@@H](NC(=O)OC(C)(C)C)c4ccccc4)C[C@@](O)([C@@H](OCc4ccccc4)C12)C3(C)C. The third kappa shape index (κ3) is 7.30. The van der Waals surface area contributed by atoms with Crippen molar-refractivity contribution in [2.24, 2.45) is 22.7 Å². The first-order valence-electron chi connectivity index (χ1n) is 19.7. The molecule has 3 fully saturated rings. The highest BCUT2D eigenvalue weighted by Crippen LogP contribution is 2.67. The van der Waals surface area contributed by atoms with Gasteiger partial charge < -0.3 is 44.7 Å². The van der Waals surface area contributed by atoms with E-state index in [2.05, 4.69) is 5.32 Å². The van der Waals surface area contributed by atoms with Gasteiger partial charge in [-0.3, -0.25) is 9.59 Å². The highest BCUT2D eigenvalue weighted by atomic mass is 16.6. The molecule has 1 amide bonds. The van der Waals surface area contributed by atoms with Crippen LogP contribution >= 0.6 is 0 Å². The Morgan fingerprint density at radius 2 is 1.60 bits per heavy atom. The van der Waals surface area contributed by atoms with Gasteiger partial charge in [-0.25, -0.2) is 9.59 Å². The first-order valence-corrected chi connectivity index (χ1v) is 19.7. The van der Waals surface area contributed by atoms with Crippen molar-refractivity contribution in [3.8, 4) is 0 Å². The van der Waals surface area contributed by atoms with E-state index < -0.39 is 93.9 Å². The van der Waals surface area contributed by atoms with E-state index in [-0.39, 0.29) is 36.5 Å². The molecule has 2 aromatic carbocycles. The Labute approximate surface area is 333 Å². The number of amides is 1. The van der Waals surface area contributed by atoms with E-state index in [4.69, 9.17) is 18.9 Å². The summed E-state index contributed by atoms with van der Waals surface area (Å²) in [5, 5.41) is 51.9. The summed E-state index contributed by atoms with van der Waals surface area (Å²) in [4.78, 5) is 54.9. The quantitative estimate of drug-likeness (QED) is 0.134. The number of fused-ring (bicyclic) bond motifs is 5. The number of ether oxygens (including phenoxy) is 4. The van der Waals surface area contributed by atoms with Crippen molar-refractivity contribution in [2.75, 3.05) is 0 Å². The van der Waals surface area contributed by atoms with Gasteiger partial charge in [0.25, 0.3) is 0 Å². The average molecular weight is 792 g/mol. The lowest BCUT2D eigenvalue weighted by atomic mass is 9.41. The lowest BCUT2D eigenvalue weighted by Gasteiger charge is -2.68. The van der Waals surface area contributed by atoms with E-state index >= 15 is 0 Å². The van der Waals surface area contributed by atoms with Gasteiger partial charge in [0.15, 0.2) is 11.9 Å². The van der Waals surface area contributed by atoms with Crippen LogP contribution in [-0.2, 0) is 39.9 Å². The van der Waals surface area contributed by atoms with E-state index in [9.17, 15) is 39.6 Å². The van der Waals surface area contributed by atoms with Crippen LogP contribution < -0.4 is 5.32 Å². The second-order valence-electron chi connectivity index (χ2n) is 18.0. The molecule has 0 radical (unpaired) electrons. The average Bonchev–Trinajstić information content (AvgIpc) is 3.13. The molecule has 5 N–H and O–H groups in total. The summed E-state index contributed by atoms with van der Waals surface area (Å²) in [6, 6.07) is 16.2. The molecule has 0 aromatic heterocycles. The van der Waals surface area contributed by atoms with E-state index in [0.29, 0.717) is 18.4 Å². The third-order valence-electron chi connectivity index (χ3n) is 13.2. The molecule has 3 saturated carbocycles. The monoisotopic (exact) mass is 791 g/mol. The van der Waals surface area contributed by atoms with Crippen LogP contribution in [0.1, 0.15) is 98.2 Å². The van der Waals surface area contributed by atoms with Crippen molar-refractivity contribution in [3.63, 3.8) is 0 Å². The number of aliphatic hydroxyl groups excluding tert-OH is 3. The summed E-state index contributed by atoms with van der Waals surface area (Å²) in [6.07, 6.45) is -7.97. The molecule has 57 heavy (non-hydrogen) atoms. The van der Waals surface area contributed by atoms with Gasteiger partial charge in [-0.2, -0.15) is 0 Å². The largest absolute Gasteiger partial charge is 0.459 e. The molecule has 1 unspecified atom stereocenters. The number of nitrogens with one attached hydrogen (secondary N) is 1. The van der Waals surface area contributed by atoms with Gasteiger partial charge in [0, 0.05) is 30.6 Å². The molecule has 4 aliphatic carbocycles. The van der Waals surface area contributed by atoms with Crippen LogP contribution in [0.15, 0.2) is 71.8 Å². The first-order chi connectivity index (χ1) is 26.6. The topological polar surface area (TPSA) is 198 Å². The first kappa shape index (κ1) is 42.5. The van der Waals surface area contributed by atoms with Gasteiger partial charge in [0.1, 0.15) is 29.0 Å². The van der Waals surface area contributed by atoms with Gasteiger partial charge in [0.2, 0.25) is 0 Å². The fraction of sp³-hybridized carbons (Fsp3) is 0.591. The zero-order chi connectivity index (χ0) is 41.9. The molecule has 2 bridgehead atoms. The summed E-state index contributed by atoms with van der Waals surface area (Å²) in [7, 11) is 0. The second-order valence-corrected chi connectivity index (χ2v) is 18.0. The molecular formula is C44H57NO12. The van der Waals surface area contributed by atoms with Crippen molar-refractivity contribution >= 4 is 23.8 Å². The molecular weight excluding hydrogens is 734 g/mol. The van der Waals surface area contributed by atoms with Crippen LogP contribution in [0.2, 0.25) is 0 Å². The number of carbonyl (C=O) groups is 4. The number of rotatable bonds is 9. The molecule has 0 aliphatic heterocycles. The normalized spacial score (nSPS) is 34.2. The molecule has 0 heterocycles. The smallest absolute Gasteiger partial charge is 0.408 e. The molecule has 4 aliphatic rings. The molecule has 2 aromatic rings. The van der Waals surface area contributed by atoms with Gasteiger partial charge in [-0.15, -0.1) is 0 Å². The number of hydrogen-bond acceptors (Lipinski definition) is 12. The fourth-order valence-electron chi connectivity index (χ4n) is 10.2. The third-order valence-corrected chi connectivity index (χ3v) is 13.2. The number of aliphatic hydroxyl groups is 4. The Kier molecular flexibility index (Phi) is 11.3. The summed E-state index contributed by atoms with van der Waals surface area (Å²) < 4.78 is 24.5. The van der Waals surface area contributed by atoms with Crippen molar-refractivity contribution in [1.82, 2.24) is 5.32 Å². The number of ketones is 1. The van der Waals surface area contributed by atoms with Crippen molar-refractivity contribution in [3.05, 3.63) is 82.9 Å². The Hall–Kier alpha value is -4.14. The number of benzene rings is 2. The number of alkyl carbamates (subject to hydrolysis) is 1. The zero-order valence-corrected chi connectivity index (χ0v) is 34.0.